The summed E-state index contributed by atoms with van der Waals surface area (Å²) in [5, 5.41) is 3.06. The Balaban J connectivity index is 2.29. The highest BCUT2D eigenvalue weighted by Gasteiger charge is 2.17. The lowest BCUT2D eigenvalue weighted by atomic mass is 10.1. The number of hydrogen-bond donors (Lipinski definition) is 1. The van der Waals surface area contributed by atoms with Crippen molar-refractivity contribution in [3.05, 3.63) is 74.9 Å². The molecule has 0 aliphatic carbocycles. The number of carbonyl (C=O) groups is 2. The number of ketones is 1. The molecule has 1 N–H and O–H groups in total. The molecule has 0 radical (unpaired) electrons. The fourth-order valence-electron chi connectivity index (χ4n) is 3.08. The summed E-state index contributed by atoms with van der Waals surface area (Å²) in [6.07, 6.45) is 0. The first-order chi connectivity index (χ1) is 13.3. The lowest BCUT2D eigenvalue weighted by Gasteiger charge is -2.15. The van der Waals surface area contributed by atoms with Crippen molar-refractivity contribution in [2.75, 3.05) is 0 Å². The van der Waals surface area contributed by atoms with Gasteiger partial charge >= 0.3 is 5.69 Å². The summed E-state index contributed by atoms with van der Waals surface area (Å²) in [4.78, 5) is 50.2. The van der Waals surface area contributed by atoms with E-state index in [0.717, 1.165) is 4.57 Å². The Kier molecular flexibility index (Phi) is 5.26. The van der Waals surface area contributed by atoms with Crippen LogP contribution in [0.3, 0.4) is 0 Å². The van der Waals surface area contributed by atoms with Crippen LogP contribution in [-0.4, -0.2) is 26.9 Å². The van der Waals surface area contributed by atoms with E-state index in [9.17, 15) is 19.2 Å². The zero-order valence-electron chi connectivity index (χ0n) is 15.9. The van der Waals surface area contributed by atoms with E-state index in [1.54, 1.807) is 42.5 Å². The molecule has 1 amide bonds. The number of benzene rings is 2. The maximum absolute atomic E-state index is 13.2. The van der Waals surface area contributed by atoms with E-state index in [2.05, 4.69) is 5.32 Å². The zero-order chi connectivity index (χ0) is 20.4. The Bertz CT molecular complexity index is 1190. The van der Waals surface area contributed by atoms with Gasteiger partial charge in [0.25, 0.3) is 5.56 Å². The van der Waals surface area contributed by atoms with Gasteiger partial charge < -0.3 is 5.32 Å². The first-order valence-electron chi connectivity index (χ1n) is 8.95. The third-order valence-corrected chi connectivity index (χ3v) is 4.31. The molecule has 2 aromatic carbocycles. The molecule has 0 saturated heterocycles. The average Bonchev–Trinajstić information content (AvgIpc) is 2.65. The molecule has 0 saturated carbocycles. The lowest BCUT2D eigenvalue weighted by molar-refractivity contribution is -0.122. The SMILES string of the molecule is CC(=O)c1cccc(-n2c(=O)c3ccccc3n(CC(=O)NC(C)C)c2=O)c1. The molecule has 1 heterocycles. The van der Waals surface area contributed by atoms with Gasteiger partial charge in [-0.3, -0.25) is 19.0 Å². The largest absolute Gasteiger partial charge is 0.352 e. The molecule has 7 heteroatoms. The smallest absolute Gasteiger partial charge is 0.336 e. The van der Waals surface area contributed by atoms with Crippen molar-refractivity contribution in [1.82, 2.24) is 14.5 Å². The number of aromatic nitrogens is 2. The highest BCUT2D eigenvalue weighted by atomic mass is 16.2. The van der Waals surface area contributed by atoms with Crippen molar-refractivity contribution >= 4 is 22.6 Å². The van der Waals surface area contributed by atoms with Crippen LogP contribution in [0.2, 0.25) is 0 Å². The van der Waals surface area contributed by atoms with Crippen molar-refractivity contribution < 1.29 is 9.59 Å². The monoisotopic (exact) mass is 379 g/mol. The van der Waals surface area contributed by atoms with Gasteiger partial charge in [0.15, 0.2) is 5.78 Å². The summed E-state index contributed by atoms with van der Waals surface area (Å²) in [6.45, 7) is 4.85. The van der Waals surface area contributed by atoms with Crippen molar-refractivity contribution in [3.8, 4) is 5.69 Å². The second kappa shape index (κ2) is 7.64. The predicted molar refractivity (Wildman–Crippen MR) is 107 cm³/mol. The molecule has 7 nitrogen and oxygen atoms in total. The summed E-state index contributed by atoms with van der Waals surface area (Å²) < 4.78 is 2.27. The third-order valence-electron chi connectivity index (χ3n) is 4.31. The molecule has 0 unspecified atom stereocenters. The summed E-state index contributed by atoms with van der Waals surface area (Å²) in [7, 11) is 0. The summed E-state index contributed by atoms with van der Waals surface area (Å²) >= 11 is 0. The van der Waals surface area contributed by atoms with Crippen molar-refractivity contribution in [1.29, 1.82) is 0 Å². The number of amides is 1. The highest BCUT2D eigenvalue weighted by molar-refractivity contribution is 5.94. The summed E-state index contributed by atoms with van der Waals surface area (Å²) in [5.41, 5.74) is -0.0759. The van der Waals surface area contributed by atoms with Crippen molar-refractivity contribution in [3.63, 3.8) is 0 Å². The molecular formula is C21H21N3O4. The van der Waals surface area contributed by atoms with Crippen LogP contribution in [-0.2, 0) is 11.3 Å². The van der Waals surface area contributed by atoms with Crippen LogP contribution in [0.25, 0.3) is 16.6 Å². The Morgan fingerprint density at radius 3 is 2.43 bits per heavy atom. The molecule has 144 valence electrons. The first-order valence-corrected chi connectivity index (χ1v) is 8.95. The van der Waals surface area contributed by atoms with Crippen LogP contribution in [0.1, 0.15) is 31.1 Å². The molecule has 1 aromatic heterocycles. The van der Waals surface area contributed by atoms with Crippen molar-refractivity contribution in [2.24, 2.45) is 0 Å². The van der Waals surface area contributed by atoms with Crippen LogP contribution < -0.4 is 16.6 Å². The van der Waals surface area contributed by atoms with E-state index in [0.29, 0.717) is 16.5 Å². The maximum Gasteiger partial charge on any atom is 0.336 e. The van der Waals surface area contributed by atoms with Gasteiger partial charge in [0, 0.05) is 11.6 Å². The number of nitrogens with one attached hydrogen (secondary N) is 1. The fraction of sp³-hybridized carbons (Fsp3) is 0.238. The minimum atomic E-state index is -0.636. The number of fused-ring (bicyclic) bond motifs is 1. The standard InChI is InChI=1S/C21H21N3O4/c1-13(2)22-19(26)12-23-18-10-5-4-9-17(18)20(27)24(21(23)28)16-8-6-7-15(11-16)14(3)25/h4-11,13H,12H2,1-3H3,(H,22,26). The second-order valence-corrected chi connectivity index (χ2v) is 6.86. The van der Waals surface area contributed by atoms with Gasteiger partial charge in [-0.15, -0.1) is 0 Å². The van der Waals surface area contributed by atoms with E-state index >= 15 is 0 Å². The molecule has 0 aliphatic heterocycles. The van der Waals surface area contributed by atoms with Gasteiger partial charge in [0.05, 0.1) is 16.6 Å². The number of rotatable bonds is 5. The quantitative estimate of drug-likeness (QED) is 0.686. The molecule has 0 aliphatic rings. The van der Waals surface area contributed by atoms with Gasteiger partial charge in [-0.05, 0) is 45.0 Å². The number of para-hydroxylation sites is 1. The van der Waals surface area contributed by atoms with E-state index in [-0.39, 0.29) is 30.0 Å². The Labute approximate surface area is 161 Å². The van der Waals surface area contributed by atoms with Gasteiger partial charge in [0.1, 0.15) is 6.54 Å². The first kappa shape index (κ1) is 19.3. The van der Waals surface area contributed by atoms with Crippen molar-refractivity contribution in [2.45, 2.75) is 33.4 Å². The molecular weight excluding hydrogens is 358 g/mol. The van der Waals surface area contributed by atoms with Crippen LogP contribution in [0, 0.1) is 0 Å². The highest BCUT2D eigenvalue weighted by Crippen LogP contribution is 2.12. The van der Waals surface area contributed by atoms with Crippen LogP contribution >= 0.6 is 0 Å². The van der Waals surface area contributed by atoms with E-state index in [4.69, 9.17) is 0 Å². The van der Waals surface area contributed by atoms with Crippen LogP contribution in [0.4, 0.5) is 0 Å². The maximum atomic E-state index is 13.2. The molecule has 0 spiro atoms. The summed E-state index contributed by atoms with van der Waals surface area (Å²) in [6, 6.07) is 12.9. The average molecular weight is 379 g/mol. The fourth-order valence-corrected chi connectivity index (χ4v) is 3.08. The Hall–Kier alpha value is -3.48. The number of Topliss-reactive ketones (excluding diaryl/α,β-unsaturated/α-hetero) is 1. The molecule has 3 aromatic rings. The van der Waals surface area contributed by atoms with Gasteiger partial charge in [-0.2, -0.15) is 0 Å². The number of nitrogens with zero attached hydrogens (tertiary/aromatic N) is 2. The van der Waals surface area contributed by atoms with Gasteiger partial charge in [-0.25, -0.2) is 9.36 Å². The van der Waals surface area contributed by atoms with E-state index in [1.165, 1.54) is 17.6 Å². The summed E-state index contributed by atoms with van der Waals surface area (Å²) in [5.74, 6) is -0.503. The Morgan fingerprint density at radius 2 is 1.75 bits per heavy atom. The molecule has 0 bridgehead atoms. The Morgan fingerprint density at radius 1 is 1.04 bits per heavy atom. The minimum absolute atomic E-state index is 0.0763. The van der Waals surface area contributed by atoms with Gasteiger partial charge in [-0.1, -0.05) is 24.3 Å². The normalized spacial score (nSPS) is 11.0. The molecule has 0 atom stereocenters. The number of hydrogen-bond acceptors (Lipinski definition) is 4. The zero-order valence-corrected chi connectivity index (χ0v) is 15.9. The van der Waals surface area contributed by atoms with Gasteiger partial charge in [0.2, 0.25) is 5.91 Å². The number of carbonyl (C=O) groups excluding carboxylic acids is 2. The topological polar surface area (TPSA) is 90.2 Å². The minimum Gasteiger partial charge on any atom is -0.352 e. The van der Waals surface area contributed by atoms with E-state index in [1.807, 2.05) is 13.8 Å². The molecule has 28 heavy (non-hydrogen) atoms. The predicted octanol–water partition coefficient (Wildman–Crippen LogP) is 1.88. The molecule has 0 fully saturated rings. The second-order valence-electron chi connectivity index (χ2n) is 6.86. The van der Waals surface area contributed by atoms with Crippen LogP contribution in [0.5, 0.6) is 0 Å². The van der Waals surface area contributed by atoms with Crippen LogP contribution in [0.15, 0.2) is 58.1 Å². The van der Waals surface area contributed by atoms with E-state index < -0.39 is 11.2 Å². The molecule has 3 rings (SSSR count). The lowest BCUT2D eigenvalue weighted by Crippen LogP contribution is -2.42. The third kappa shape index (κ3) is 3.64.